The monoisotopic (exact) mass is 268 g/mol. The number of hydrogen-bond donors (Lipinski definition) is 1. The van der Waals surface area contributed by atoms with Crippen LogP contribution in [0.5, 0.6) is 0 Å². The van der Waals surface area contributed by atoms with E-state index in [2.05, 4.69) is 64.1 Å². The average Bonchev–Trinajstić information content (AvgIpc) is 2.33. The summed E-state index contributed by atoms with van der Waals surface area (Å²) in [5.41, 5.74) is 7.60. The molecule has 106 valence electrons. The lowest BCUT2D eigenvalue weighted by Gasteiger charge is -2.16. The summed E-state index contributed by atoms with van der Waals surface area (Å²) in [5.74, 6) is 0. The molecule has 1 nitrogen and oxygen atoms in total. The second kappa shape index (κ2) is 6.23. The van der Waals surface area contributed by atoms with E-state index < -0.39 is 0 Å². The standard InChI is InChI=1S/C19H24O/c1-13-6-5-7-17(10-13)11-18(20)12-19-15(3)8-14(2)9-16(19)4/h5-10,18,20H,11-12H2,1-4H3. The molecule has 0 aliphatic rings. The third-order valence-electron chi connectivity index (χ3n) is 3.83. The van der Waals surface area contributed by atoms with E-state index in [9.17, 15) is 5.11 Å². The topological polar surface area (TPSA) is 20.2 Å². The summed E-state index contributed by atoms with van der Waals surface area (Å²) in [7, 11) is 0. The second-order valence-corrected chi connectivity index (χ2v) is 5.93. The first-order chi connectivity index (χ1) is 9.45. The summed E-state index contributed by atoms with van der Waals surface area (Å²) in [6, 6.07) is 12.8. The number of benzene rings is 2. The van der Waals surface area contributed by atoms with E-state index in [0.717, 1.165) is 6.42 Å². The first kappa shape index (κ1) is 14.8. The van der Waals surface area contributed by atoms with E-state index in [1.165, 1.54) is 33.4 Å². The molecule has 0 aliphatic carbocycles. The molecule has 1 heteroatoms. The van der Waals surface area contributed by atoms with Crippen molar-refractivity contribution in [2.75, 3.05) is 0 Å². The lowest BCUT2D eigenvalue weighted by atomic mass is 9.93. The molecule has 20 heavy (non-hydrogen) atoms. The predicted molar refractivity (Wildman–Crippen MR) is 85.2 cm³/mol. The molecule has 1 N–H and O–H groups in total. The van der Waals surface area contributed by atoms with Gasteiger partial charge in [-0.3, -0.25) is 0 Å². The molecular formula is C19H24O. The van der Waals surface area contributed by atoms with Crippen LogP contribution in [0.4, 0.5) is 0 Å². The molecule has 2 aromatic rings. The fourth-order valence-corrected chi connectivity index (χ4v) is 2.95. The van der Waals surface area contributed by atoms with Gasteiger partial charge in [-0.1, -0.05) is 47.5 Å². The van der Waals surface area contributed by atoms with Crippen molar-refractivity contribution >= 4 is 0 Å². The molecule has 0 aromatic heterocycles. The predicted octanol–water partition coefficient (Wildman–Crippen LogP) is 4.07. The van der Waals surface area contributed by atoms with Gasteiger partial charge in [0.15, 0.2) is 0 Å². The minimum absolute atomic E-state index is 0.322. The SMILES string of the molecule is Cc1cccc(CC(O)Cc2c(C)cc(C)cc2C)c1. The van der Waals surface area contributed by atoms with E-state index in [0.29, 0.717) is 6.42 Å². The van der Waals surface area contributed by atoms with Crippen molar-refractivity contribution in [3.63, 3.8) is 0 Å². The molecule has 2 aromatic carbocycles. The highest BCUT2D eigenvalue weighted by Gasteiger charge is 2.11. The van der Waals surface area contributed by atoms with Crippen LogP contribution in [-0.4, -0.2) is 11.2 Å². The fourth-order valence-electron chi connectivity index (χ4n) is 2.95. The van der Waals surface area contributed by atoms with Crippen LogP contribution in [0, 0.1) is 27.7 Å². The van der Waals surface area contributed by atoms with Crippen LogP contribution >= 0.6 is 0 Å². The van der Waals surface area contributed by atoms with Gasteiger partial charge in [0.25, 0.3) is 0 Å². The third-order valence-corrected chi connectivity index (χ3v) is 3.83. The maximum Gasteiger partial charge on any atom is 0.0621 e. The lowest BCUT2D eigenvalue weighted by Crippen LogP contribution is -2.15. The van der Waals surface area contributed by atoms with E-state index >= 15 is 0 Å². The summed E-state index contributed by atoms with van der Waals surface area (Å²) in [4.78, 5) is 0. The number of aliphatic hydroxyl groups excluding tert-OH is 1. The van der Waals surface area contributed by atoms with Crippen molar-refractivity contribution in [3.8, 4) is 0 Å². The van der Waals surface area contributed by atoms with Crippen LogP contribution in [0.2, 0.25) is 0 Å². The molecule has 0 aliphatic heterocycles. The second-order valence-electron chi connectivity index (χ2n) is 5.93. The molecule has 0 saturated carbocycles. The molecule has 0 heterocycles. The van der Waals surface area contributed by atoms with Crippen LogP contribution in [0.3, 0.4) is 0 Å². The van der Waals surface area contributed by atoms with Crippen molar-refractivity contribution in [3.05, 3.63) is 69.8 Å². The van der Waals surface area contributed by atoms with Crippen LogP contribution < -0.4 is 0 Å². The van der Waals surface area contributed by atoms with Crippen LogP contribution in [-0.2, 0) is 12.8 Å². The summed E-state index contributed by atoms with van der Waals surface area (Å²) in [6.45, 7) is 8.47. The maximum atomic E-state index is 10.4. The zero-order valence-corrected chi connectivity index (χ0v) is 12.9. The zero-order chi connectivity index (χ0) is 14.7. The number of aliphatic hydroxyl groups is 1. The molecule has 0 bridgehead atoms. The third kappa shape index (κ3) is 3.71. The molecule has 1 atom stereocenters. The number of rotatable bonds is 4. The Morgan fingerprint density at radius 1 is 0.850 bits per heavy atom. The highest BCUT2D eigenvalue weighted by molar-refractivity contribution is 5.38. The largest absolute Gasteiger partial charge is 0.392 e. The van der Waals surface area contributed by atoms with Gasteiger partial charge in [0, 0.05) is 0 Å². The molecule has 2 rings (SSSR count). The molecular weight excluding hydrogens is 244 g/mol. The van der Waals surface area contributed by atoms with Gasteiger partial charge in [-0.15, -0.1) is 0 Å². The van der Waals surface area contributed by atoms with E-state index in [4.69, 9.17) is 0 Å². The summed E-state index contributed by atoms with van der Waals surface area (Å²) >= 11 is 0. The Kier molecular flexibility index (Phi) is 4.61. The van der Waals surface area contributed by atoms with Crippen LogP contribution in [0.15, 0.2) is 36.4 Å². The molecule has 0 amide bonds. The fraction of sp³-hybridized carbons (Fsp3) is 0.368. The Bertz CT molecular complexity index is 575. The molecule has 0 spiro atoms. The van der Waals surface area contributed by atoms with Crippen molar-refractivity contribution < 1.29 is 5.11 Å². The summed E-state index contributed by atoms with van der Waals surface area (Å²) in [5, 5.41) is 10.4. The van der Waals surface area contributed by atoms with Crippen LogP contribution in [0.1, 0.15) is 33.4 Å². The first-order valence-corrected chi connectivity index (χ1v) is 7.26. The Labute approximate surface area is 122 Å². The van der Waals surface area contributed by atoms with Crippen molar-refractivity contribution in [1.82, 2.24) is 0 Å². The van der Waals surface area contributed by atoms with Gasteiger partial charge >= 0.3 is 0 Å². The van der Waals surface area contributed by atoms with Crippen molar-refractivity contribution in [1.29, 1.82) is 0 Å². The smallest absolute Gasteiger partial charge is 0.0621 e. The van der Waals surface area contributed by atoms with Gasteiger partial charge in [0.2, 0.25) is 0 Å². The summed E-state index contributed by atoms with van der Waals surface area (Å²) in [6.07, 6.45) is 1.12. The van der Waals surface area contributed by atoms with Crippen molar-refractivity contribution in [2.45, 2.75) is 46.6 Å². The Morgan fingerprint density at radius 2 is 1.50 bits per heavy atom. The highest BCUT2D eigenvalue weighted by Crippen LogP contribution is 2.19. The average molecular weight is 268 g/mol. The highest BCUT2D eigenvalue weighted by atomic mass is 16.3. The van der Waals surface area contributed by atoms with Crippen molar-refractivity contribution in [2.24, 2.45) is 0 Å². The molecule has 1 unspecified atom stereocenters. The van der Waals surface area contributed by atoms with Crippen LogP contribution in [0.25, 0.3) is 0 Å². The van der Waals surface area contributed by atoms with Gasteiger partial charge < -0.3 is 5.11 Å². The minimum atomic E-state index is -0.322. The van der Waals surface area contributed by atoms with Gasteiger partial charge in [0.05, 0.1) is 6.10 Å². The van der Waals surface area contributed by atoms with E-state index in [1.54, 1.807) is 0 Å². The van der Waals surface area contributed by atoms with E-state index in [-0.39, 0.29) is 6.10 Å². The zero-order valence-electron chi connectivity index (χ0n) is 12.9. The minimum Gasteiger partial charge on any atom is -0.392 e. The number of aryl methyl sites for hydroxylation is 4. The maximum absolute atomic E-state index is 10.4. The van der Waals surface area contributed by atoms with Gasteiger partial charge in [0.1, 0.15) is 0 Å². The first-order valence-electron chi connectivity index (χ1n) is 7.26. The molecule has 0 radical (unpaired) electrons. The van der Waals surface area contributed by atoms with Gasteiger partial charge in [-0.2, -0.15) is 0 Å². The summed E-state index contributed by atoms with van der Waals surface area (Å²) < 4.78 is 0. The van der Waals surface area contributed by atoms with Gasteiger partial charge in [-0.25, -0.2) is 0 Å². The van der Waals surface area contributed by atoms with Gasteiger partial charge in [-0.05, 0) is 62.8 Å². The Hall–Kier alpha value is -1.60. The molecule has 0 saturated heterocycles. The molecule has 0 fully saturated rings. The quantitative estimate of drug-likeness (QED) is 0.886. The number of hydrogen-bond acceptors (Lipinski definition) is 1. The lowest BCUT2D eigenvalue weighted by molar-refractivity contribution is 0.175. The normalized spacial score (nSPS) is 12.4. The Balaban J connectivity index is 2.10. The van der Waals surface area contributed by atoms with E-state index in [1.807, 2.05) is 0 Å². The Morgan fingerprint density at radius 3 is 2.10 bits per heavy atom.